The maximum Gasteiger partial charge on any atom is 0.0765 e. The first-order chi connectivity index (χ1) is 9.29. The highest BCUT2D eigenvalue weighted by Gasteiger charge is 2.44. The first-order valence-corrected chi connectivity index (χ1v) is 8.27. The molecule has 0 heterocycles. The van der Waals surface area contributed by atoms with Gasteiger partial charge in [0.1, 0.15) is 0 Å². The summed E-state index contributed by atoms with van der Waals surface area (Å²) in [5.41, 5.74) is 6.18. The van der Waals surface area contributed by atoms with E-state index in [1.807, 2.05) is 7.11 Å². The van der Waals surface area contributed by atoms with Gasteiger partial charge in [0.2, 0.25) is 0 Å². The number of nitrogens with two attached hydrogens (primary N) is 1. The molecule has 0 aromatic carbocycles. The molecule has 3 rings (SSSR count). The molecule has 3 aliphatic rings. The molecule has 0 bridgehead atoms. The summed E-state index contributed by atoms with van der Waals surface area (Å²) >= 11 is 0. The van der Waals surface area contributed by atoms with Gasteiger partial charge < -0.3 is 15.8 Å². The maximum atomic E-state index is 6.13. The minimum atomic E-state index is 0.0506. The Morgan fingerprint density at radius 3 is 2.37 bits per heavy atom. The van der Waals surface area contributed by atoms with E-state index in [4.69, 9.17) is 10.5 Å². The molecule has 2 unspecified atom stereocenters. The van der Waals surface area contributed by atoms with Crippen LogP contribution in [-0.4, -0.2) is 31.8 Å². The van der Waals surface area contributed by atoms with Crippen LogP contribution in [0, 0.1) is 17.8 Å². The average molecular weight is 266 g/mol. The fraction of sp³-hybridized carbons (Fsp3) is 1.00. The summed E-state index contributed by atoms with van der Waals surface area (Å²) in [4.78, 5) is 0. The Hall–Kier alpha value is -0.120. The van der Waals surface area contributed by atoms with Crippen LogP contribution in [-0.2, 0) is 4.74 Å². The zero-order valence-electron chi connectivity index (χ0n) is 12.4. The second-order valence-electron chi connectivity index (χ2n) is 7.05. The summed E-state index contributed by atoms with van der Waals surface area (Å²) in [5, 5.41) is 3.88. The number of methoxy groups -OCH3 is 1. The van der Waals surface area contributed by atoms with Gasteiger partial charge in [-0.2, -0.15) is 0 Å². The number of ether oxygens (including phenoxy) is 1. The lowest BCUT2D eigenvalue weighted by atomic mass is 9.78. The lowest BCUT2D eigenvalue weighted by molar-refractivity contribution is -0.0109. The first kappa shape index (κ1) is 13.8. The molecule has 3 saturated carbocycles. The normalized spacial score (nSPS) is 35.8. The Balaban J connectivity index is 1.60. The van der Waals surface area contributed by atoms with Crippen molar-refractivity contribution in [1.82, 2.24) is 5.32 Å². The van der Waals surface area contributed by atoms with Crippen molar-refractivity contribution in [2.75, 3.05) is 20.2 Å². The Bertz CT molecular complexity index is 289. The molecule has 0 aromatic rings. The molecule has 3 N–H and O–H groups in total. The first-order valence-electron chi connectivity index (χ1n) is 8.27. The third kappa shape index (κ3) is 2.98. The number of nitrogens with one attached hydrogen (secondary N) is 1. The molecule has 0 radical (unpaired) electrons. The fourth-order valence-electron chi connectivity index (χ4n) is 4.15. The van der Waals surface area contributed by atoms with E-state index in [1.165, 1.54) is 51.5 Å². The van der Waals surface area contributed by atoms with Gasteiger partial charge in [-0.1, -0.05) is 12.8 Å². The molecule has 110 valence electrons. The van der Waals surface area contributed by atoms with Gasteiger partial charge in [-0.3, -0.25) is 0 Å². The van der Waals surface area contributed by atoms with Gasteiger partial charge >= 0.3 is 0 Å². The zero-order chi connectivity index (χ0) is 13.3. The van der Waals surface area contributed by atoms with Crippen molar-refractivity contribution >= 4 is 0 Å². The molecule has 0 aromatic heterocycles. The van der Waals surface area contributed by atoms with E-state index in [1.54, 1.807) is 0 Å². The van der Waals surface area contributed by atoms with Crippen LogP contribution in [0.2, 0.25) is 0 Å². The zero-order valence-corrected chi connectivity index (χ0v) is 12.4. The second-order valence-corrected chi connectivity index (χ2v) is 7.05. The number of hydrogen-bond donors (Lipinski definition) is 2. The molecule has 19 heavy (non-hydrogen) atoms. The van der Waals surface area contributed by atoms with E-state index < -0.39 is 0 Å². The molecular formula is C16H30N2O. The Labute approximate surface area is 117 Å². The van der Waals surface area contributed by atoms with Crippen LogP contribution in [0.4, 0.5) is 0 Å². The van der Waals surface area contributed by atoms with Crippen LogP contribution in [0.1, 0.15) is 51.4 Å². The van der Waals surface area contributed by atoms with Crippen molar-refractivity contribution < 1.29 is 4.74 Å². The third-order valence-corrected chi connectivity index (χ3v) is 5.75. The predicted octanol–water partition coefficient (Wildman–Crippen LogP) is 2.30. The summed E-state index contributed by atoms with van der Waals surface area (Å²) in [6.07, 6.45) is 11.1. The second kappa shape index (κ2) is 5.71. The highest BCUT2D eigenvalue weighted by molar-refractivity contribution is 5.01. The van der Waals surface area contributed by atoms with E-state index in [9.17, 15) is 0 Å². The number of hydrogen-bond acceptors (Lipinski definition) is 3. The largest absolute Gasteiger partial charge is 0.379 e. The molecule has 0 aliphatic heterocycles. The monoisotopic (exact) mass is 266 g/mol. The summed E-state index contributed by atoms with van der Waals surface area (Å²) in [6.45, 7) is 1.89. The van der Waals surface area contributed by atoms with Crippen molar-refractivity contribution in [3.8, 4) is 0 Å². The maximum absolute atomic E-state index is 6.13. The van der Waals surface area contributed by atoms with E-state index in [0.29, 0.717) is 12.6 Å². The SMILES string of the molecule is COC1CCCCC1(CN)NCC(C1CC1)C1CC1. The smallest absolute Gasteiger partial charge is 0.0765 e. The topological polar surface area (TPSA) is 47.3 Å². The fourth-order valence-corrected chi connectivity index (χ4v) is 4.15. The van der Waals surface area contributed by atoms with Crippen LogP contribution in [0.3, 0.4) is 0 Å². The average Bonchev–Trinajstić information content (AvgIpc) is 3.32. The summed E-state index contributed by atoms with van der Waals surface area (Å²) in [6, 6.07) is 0. The quantitative estimate of drug-likeness (QED) is 0.743. The summed E-state index contributed by atoms with van der Waals surface area (Å²) in [7, 11) is 1.85. The van der Waals surface area contributed by atoms with Crippen molar-refractivity contribution in [3.05, 3.63) is 0 Å². The van der Waals surface area contributed by atoms with Gasteiger partial charge in [0.05, 0.1) is 11.6 Å². The Kier molecular flexibility index (Phi) is 4.16. The van der Waals surface area contributed by atoms with E-state index >= 15 is 0 Å². The molecule has 0 amide bonds. The van der Waals surface area contributed by atoms with E-state index in [0.717, 1.165) is 24.2 Å². The van der Waals surface area contributed by atoms with Gasteiger partial charge in [-0.05, 0) is 62.8 Å². The lowest BCUT2D eigenvalue weighted by Gasteiger charge is -2.44. The minimum absolute atomic E-state index is 0.0506. The van der Waals surface area contributed by atoms with E-state index in [-0.39, 0.29) is 5.54 Å². The standard InChI is InChI=1S/C16H30N2O/c1-19-15-4-2-3-9-16(15,11-17)18-10-14(12-5-6-12)13-7-8-13/h12-15,18H,2-11,17H2,1H3. The molecule has 3 aliphatic carbocycles. The minimum Gasteiger partial charge on any atom is -0.379 e. The van der Waals surface area contributed by atoms with Crippen molar-refractivity contribution in [2.45, 2.75) is 63.0 Å². The van der Waals surface area contributed by atoms with Crippen LogP contribution in [0.5, 0.6) is 0 Å². The lowest BCUT2D eigenvalue weighted by Crippen LogP contribution is -2.62. The molecule has 3 heteroatoms. The molecule has 3 fully saturated rings. The van der Waals surface area contributed by atoms with Crippen LogP contribution >= 0.6 is 0 Å². The van der Waals surface area contributed by atoms with Crippen molar-refractivity contribution in [1.29, 1.82) is 0 Å². The molecular weight excluding hydrogens is 236 g/mol. The van der Waals surface area contributed by atoms with Gasteiger partial charge in [-0.15, -0.1) is 0 Å². The van der Waals surface area contributed by atoms with Gasteiger partial charge in [0.25, 0.3) is 0 Å². The molecule has 0 spiro atoms. The Morgan fingerprint density at radius 1 is 1.16 bits per heavy atom. The van der Waals surface area contributed by atoms with Gasteiger partial charge in [0, 0.05) is 13.7 Å². The Morgan fingerprint density at radius 2 is 1.84 bits per heavy atom. The van der Waals surface area contributed by atoms with Gasteiger partial charge in [0.15, 0.2) is 0 Å². The van der Waals surface area contributed by atoms with E-state index in [2.05, 4.69) is 5.32 Å². The third-order valence-electron chi connectivity index (χ3n) is 5.75. The van der Waals surface area contributed by atoms with Crippen molar-refractivity contribution in [3.63, 3.8) is 0 Å². The molecule has 3 nitrogen and oxygen atoms in total. The van der Waals surface area contributed by atoms with Crippen LogP contribution < -0.4 is 11.1 Å². The van der Waals surface area contributed by atoms with Gasteiger partial charge in [-0.25, -0.2) is 0 Å². The van der Waals surface area contributed by atoms with Crippen LogP contribution in [0.15, 0.2) is 0 Å². The molecule has 2 atom stereocenters. The summed E-state index contributed by atoms with van der Waals surface area (Å²) in [5.74, 6) is 2.95. The number of rotatable bonds is 7. The molecule has 0 saturated heterocycles. The van der Waals surface area contributed by atoms with Crippen molar-refractivity contribution in [2.24, 2.45) is 23.5 Å². The summed E-state index contributed by atoms with van der Waals surface area (Å²) < 4.78 is 5.74. The van der Waals surface area contributed by atoms with Crippen LogP contribution in [0.25, 0.3) is 0 Å². The highest BCUT2D eigenvalue weighted by Crippen LogP contribution is 2.49. The highest BCUT2D eigenvalue weighted by atomic mass is 16.5. The predicted molar refractivity (Wildman–Crippen MR) is 78.0 cm³/mol.